The molecule has 1 saturated heterocycles. The summed E-state index contributed by atoms with van der Waals surface area (Å²) in [5.74, 6) is -0.717. The van der Waals surface area contributed by atoms with Gasteiger partial charge in [-0.3, -0.25) is 19.8 Å². The van der Waals surface area contributed by atoms with Crippen molar-refractivity contribution in [3.05, 3.63) is 95.6 Å². The van der Waals surface area contributed by atoms with Gasteiger partial charge in [0.15, 0.2) is 0 Å². The summed E-state index contributed by atoms with van der Waals surface area (Å²) in [4.78, 5) is 44.6. The number of imide groups is 1. The standard InChI is InChI=1S/C37H33N5O4/c43-35-31-29-25-10-4-6-12-27(25)41-17-15-24(46-37(45)40-20-18-39(19-21-40)16-14-23-8-2-1-3-9-23)22-42-28-13-7-5-11-26(28)30(34(42)33(29)41)32(31)36(44)38-35/h1-13,24H,14-22H2,(H,38,43,44). The van der Waals surface area contributed by atoms with Crippen LogP contribution < -0.4 is 5.32 Å². The Labute approximate surface area is 264 Å². The molecule has 1 unspecified atom stereocenters. The normalized spacial score (nSPS) is 18.4. The minimum Gasteiger partial charge on any atom is -0.444 e. The maximum atomic E-state index is 13.6. The summed E-state index contributed by atoms with van der Waals surface area (Å²) < 4.78 is 10.8. The number of hydrogen-bond acceptors (Lipinski definition) is 5. The number of nitrogens with one attached hydrogen (secondary N) is 1. The van der Waals surface area contributed by atoms with E-state index in [-0.39, 0.29) is 24.0 Å². The molecule has 3 amide bonds. The van der Waals surface area contributed by atoms with Crippen molar-refractivity contribution in [3.8, 4) is 0 Å². The van der Waals surface area contributed by atoms with Crippen LogP contribution in [0.25, 0.3) is 43.6 Å². The zero-order valence-corrected chi connectivity index (χ0v) is 25.4. The van der Waals surface area contributed by atoms with Crippen LogP contribution in [0.15, 0.2) is 78.9 Å². The van der Waals surface area contributed by atoms with Crippen LogP contribution in [0.2, 0.25) is 0 Å². The van der Waals surface area contributed by atoms with E-state index in [0.29, 0.717) is 43.7 Å². The van der Waals surface area contributed by atoms with Gasteiger partial charge in [-0.15, -0.1) is 0 Å². The van der Waals surface area contributed by atoms with E-state index in [9.17, 15) is 14.4 Å². The van der Waals surface area contributed by atoms with Crippen LogP contribution in [0.5, 0.6) is 0 Å². The SMILES string of the molecule is O=C1NC(=O)c2c1c1c3ccccc3n3c1c1c2c2ccccc2n1CC(OC(=O)N1CCN(CCc2ccccc2)CC1)CC3. The third kappa shape index (κ3) is 4.08. The minimum absolute atomic E-state index is 0.275. The van der Waals surface area contributed by atoms with Crippen molar-refractivity contribution in [1.29, 1.82) is 0 Å². The highest BCUT2D eigenvalue weighted by Gasteiger charge is 2.38. The Kier molecular flexibility index (Phi) is 6.18. The summed E-state index contributed by atoms with van der Waals surface area (Å²) in [6, 6.07) is 26.6. The Hall–Kier alpha value is -5.15. The second-order valence-corrected chi connectivity index (χ2v) is 12.6. The van der Waals surface area contributed by atoms with Crippen LogP contribution in [0.4, 0.5) is 4.79 Å². The number of carbonyl (C=O) groups excluding carboxylic acids is 3. The van der Waals surface area contributed by atoms with Gasteiger partial charge in [0, 0.05) is 78.3 Å². The first-order valence-electron chi connectivity index (χ1n) is 16.1. The number of ether oxygens (including phenoxy) is 1. The molecule has 3 aliphatic heterocycles. The third-order valence-electron chi connectivity index (χ3n) is 10.1. The van der Waals surface area contributed by atoms with Crippen molar-refractivity contribution in [1.82, 2.24) is 24.3 Å². The first-order chi connectivity index (χ1) is 22.6. The molecular formula is C37H33N5O4. The summed E-state index contributed by atoms with van der Waals surface area (Å²) in [5, 5.41) is 6.03. The summed E-state index contributed by atoms with van der Waals surface area (Å²) >= 11 is 0. The Bertz CT molecular complexity index is 2230. The van der Waals surface area contributed by atoms with E-state index < -0.39 is 0 Å². The zero-order chi connectivity index (χ0) is 30.9. The predicted molar refractivity (Wildman–Crippen MR) is 177 cm³/mol. The maximum Gasteiger partial charge on any atom is 0.410 e. The van der Waals surface area contributed by atoms with Gasteiger partial charge in [0.05, 0.1) is 28.7 Å². The molecule has 0 radical (unpaired) electrons. The molecule has 46 heavy (non-hydrogen) atoms. The molecule has 1 fully saturated rings. The molecule has 6 aromatic rings. The van der Waals surface area contributed by atoms with Gasteiger partial charge in [-0.1, -0.05) is 66.7 Å². The lowest BCUT2D eigenvalue weighted by atomic mass is 9.96. The van der Waals surface area contributed by atoms with Crippen molar-refractivity contribution >= 4 is 61.5 Å². The lowest BCUT2D eigenvalue weighted by molar-refractivity contribution is 0.0363. The molecule has 9 heteroatoms. The number of amides is 3. The highest BCUT2D eigenvalue weighted by atomic mass is 16.6. The van der Waals surface area contributed by atoms with Gasteiger partial charge in [0.2, 0.25) is 0 Å². The number of para-hydroxylation sites is 2. The average molecular weight is 612 g/mol. The Morgan fingerprint density at radius 1 is 0.717 bits per heavy atom. The van der Waals surface area contributed by atoms with Gasteiger partial charge >= 0.3 is 6.09 Å². The number of piperazine rings is 1. The van der Waals surface area contributed by atoms with E-state index in [1.54, 1.807) is 0 Å². The number of benzene rings is 4. The fourth-order valence-electron chi connectivity index (χ4n) is 7.93. The summed E-state index contributed by atoms with van der Waals surface area (Å²) in [6.45, 7) is 4.95. The first kappa shape index (κ1) is 27.2. The van der Waals surface area contributed by atoms with E-state index >= 15 is 0 Å². The van der Waals surface area contributed by atoms with E-state index in [0.717, 1.165) is 69.7 Å². The highest BCUT2D eigenvalue weighted by Crippen LogP contribution is 2.45. The smallest absolute Gasteiger partial charge is 0.410 e. The summed E-state index contributed by atoms with van der Waals surface area (Å²) in [6.07, 6.45) is 0.958. The van der Waals surface area contributed by atoms with Crippen LogP contribution in [0.1, 0.15) is 32.7 Å². The number of hydrogen-bond donors (Lipinski definition) is 1. The lowest BCUT2D eigenvalue weighted by Gasteiger charge is -2.35. The minimum atomic E-state index is -0.379. The molecule has 3 aliphatic rings. The Morgan fingerprint density at radius 3 is 1.98 bits per heavy atom. The Morgan fingerprint density at radius 2 is 1.30 bits per heavy atom. The quantitative estimate of drug-likeness (QED) is 0.264. The molecular weight excluding hydrogens is 578 g/mol. The molecule has 5 heterocycles. The molecule has 4 aromatic carbocycles. The predicted octanol–water partition coefficient (Wildman–Crippen LogP) is 5.56. The van der Waals surface area contributed by atoms with Gasteiger partial charge in [-0.25, -0.2) is 4.79 Å². The summed E-state index contributed by atoms with van der Waals surface area (Å²) in [5.41, 5.74) is 6.02. The average Bonchev–Trinajstić information content (AvgIpc) is 3.68. The van der Waals surface area contributed by atoms with Crippen LogP contribution in [-0.4, -0.2) is 75.7 Å². The molecule has 0 spiro atoms. The number of nitrogens with zero attached hydrogens (tertiary/aromatic N) is 4. The molecule has 230 valence electrons. The lowest BCUT2D eigenvalue weighted by Crippen LogP contribution is -2.50. The fraction of sp³-hybridized carbons (Fsp3) is 0.270. The van der Waals surface area contributed by atoms with Gasteiger partial charge in [-0.2, -0.15) is 0 Å². The number of aromatic nitrogens is 2. The van der Waals surface area contributed by atoms with E-state index in [4.69, 9.17) is 4.74 Å². The van der Waals surface area contributed by atoms with Crippen molar-refractivity contribution in [2.24, 2.45) is 0 Å². The van der Waals surface area contributed by atoms with E-state index in [1.165, 1.54) is 5.56 Å². The van der Waals surface area contributed by atoms with Crippen molar-refractivity contribution < 1.29 is 19.1 Å². The van der Waals surface area contributed by atoms with Crippen LogP contribution >= 0.6 is 0 Å². The van der Waals surface area contributed by atoms with Crippen molar-refractivity contribution in [2.45, 2.75) is 32.0 Å². The zero-order valence-electron chi connectivity index (χ0n) is 25.4. The molecule has 1 N–H and O–H groups in total. The largest absolute Gasteiger partial charge is 0.444 e. The van der Waals surface area contributed by atoms with Gasteiger partial charge in [0.1, 0.15) is 6.10 Å². The third-order valence-corrected chi connectivity index (χ3v) is 10.1. The second kappa shape index (κ2) is 10.5. The number of fused-ring (bicyclic) bond motifs is 9. The van der Waals surface area contributed by atoms with Gasteiger partial charge < -0.3 is 18.8 Å². The molecule has 2 aromatic heterocycles. The van der Waals surface area contributed by atoms with E-state index in [1.807, 2.05) is 53.4 Å². The second-order valence-electron chi connectivity index (χ2n) is 12.6. The van der Waals surface area contributed by atoms with Crippen molar-refractivity contribution in [2.75, 3.05) is 32.7 Å². The molecule has 0 bridgehead atoms. The van der Waals surface area contributed by atoms with E-state index in [2.05, 4.69) is 49.7 Å². The number of aryl methyl sites for hydroxylation is 1. The molecule has 9 rings (SSSR count). The Balaban J connectivity index is 1.07. The van der Waals surface area contributed by atoms with Crippen LogP contribution in [0, 0.1) is 0 Å². The van der Waals surface area contributed by atoms with Crippen molar-refractivity contribution in [3.63, 3.8) is 0 Å². The highest BCUT2D eigenvalue weighted by molar-refractivity contribution is 6.39. The molecule has 1 atom stereocenters. The number of rotatable bonds is 4. The first-order valence-corrected chi connectivity index (χ1v) is 16.1. The summed E-state index contributed by atoms with van der Waals surface area (Å²) in [7, 11) is 0. The van der Waals surface area contributed by atoms with Gasteiger partial charge in [-0.05, 0) is 24.1 Å². The van der Waals surface area contributed by atoms with Gasteiger partial charge in [0.25, 0.3) is 11.8 Å². The number of carbonyl (C=O) groups is 3. The molecule has 9 nitrogen and oxygen atoms in total. The monoisotopic (exact) mass is 611 g/mol. The molecule has 0 saturated carbocycles. The molecule has 0 aliphatic carbocycles. The fourth-order valence-corrected chi connectivity index (χ4v) is 7.93. The van der Waals surface area contributed by atoms with Crippen LogP contribution in [-0.2, 0) is 24.2 Å². The maximum absolute atomic E-state index is 13.6. The van der Waals surface area contributed by atoms with Crippen LogP contribution in [0.3, 0.4) is 0 Å². The topological polar surface area (TPSA) is 88.8 Å².